The molecule has 1 N–H and O–H groups in total. The second-order valence-corrected chi connectivity index (χ2v) is 6.60. The highest BCUT2D eigenvalue weighted by Crippen LogP contribution is 2.44. The Bertz CT molecular complexity index is 399. The standard InChI is InChI=1S/C14H19Br2N/c1-3-6-17-14(10-4-5-10)11-8-12(15)9(2)7-13(11)16/h7-8,10,14,17H,3-6H2,1-2H3. The Morgan fingerprint density at radius 2 is 2.00 bits per heavy atom. The molecule has 1 saturated carbocycles. The summed E-state index contributed by atoms with van der Waals surface area (Å²) in [5.41, 5.74) is 2.68. The molecule has 1 aromatic rings. The number of hydrogen-bond donors (Lipinski definition) is 1. The first-order chi connectivity index (χ1) is 8.13. The van der Waals surface area contributed by atoms with E-state index in [1.54, 1.807) is 0 Å². The zero-order valence-electron chi connectivity index (χ0n) is 10.4. The van der Waals surface area contributed by atoms with Crippen LogP contribution in [0.1, 0.15) is 43.4 Å². The molecule has 0 heterocycles. The minimum atomic E-state index is 0.515. The van der Waals surface area contributed by atoms with Crippen molar-refractivity contribution in [3.8, 4) is 0 Å². The molecule has 0 spiro atoms. The van der Waals surface area contributed by atoms with E-state index in [9.17, 15) is 0 Å². The van der Waals surface area contributed by atoms with Crippen molar-refractivity contribution in [3.63, 3.8) is 0 Å². The summed E-state index contributed by atoms with van der Waals surface area (Å²) in [5, 5.41) is 3.68. The van der Waals surface area contributed by atoms with Gasteiger partial charge < -0.3 is 5.32 Å². The van der Waals surface area contributed by atoms with Crippen LogP contribution in [0.15, 0.2) is 21.1 Å². The van der Waals surface area contributed by atoms with E-state index in [-0.39, 0.29) is 0 Å². The lowest BCUT2D eigenvalue weighted by molar-refractivity contribution is 0.479. The van der Waals surface area contributed by atoms with Crippen molar-refractivity contribution in [2.24, 2.45) is 5.92 Å². The van der Waals surface area contributed by atoms with E-state index < -0.39 is 0 Å². The summed E-state index contributed by atoms with van der Waals surface area (Å²) in [5.74, 6) is 0.826. The molecule has 1 aromatic carbocycles. The van der Waals surface area contributed by atoms with E-state index in [0.29, 0.717) is 6.04 Å². The molecule has 1 nitrogen and oxygen atoms in total. The number of benzene rings is 1. The Morgan fingerprint density at radius 1 is 1.29 bits per heavy atom. The van der Waals surface area contributed by atoms with E-state index in [1.807, 2.05) is 0 Å². The maximum absolute atomic E-state index is 3.71. The first kappa shape index (κ1) is 13.6. The molecule has 0 aliphatic heterocycles. The molecule has 1 unspecified atom stereocenters. The first-order valence-electron chi connectivity index (χ1n) is 6.32. The van der Waals surface area contributed by atoms with E-state index in [2.05, 4.69) is 63.2 Å². The van der Waals surface area contributed by atoms with Crippen molar-refractivity contribution >= 4 is 31.9 Å². The van der Waals surface area contributed by atoms with Gasteiger partial charge in [-0.3, -0.25) is 0 Å². The molecule has 0 aromatic heterocycles. The van der Waals surface area contributed by atoms with E-state index in [0.717, 1.165) is 12.5 Å². The van der Waals surface area contributed by atoms with Crippen LogP contribution >= 0.6 is 31.9 Å². The maximum Gasteiger partial charge on any atom is 0.0360 e. The molecular weight excluding hydrogens is 342 g/mol. The zero-order chi connectivity index (χ0) is 12.4. The Labute approximate surface area is 121 Å². The molecule has 1 atom stereocenters. The van der Waals surface area contributed by atoms with E-state index in [4.69, 9.17) is 0 Å². The van der Waals surface area contributed by atoms with Crippen molar-refractivity contribution in [2.75, 3.05) is 6.54 Å². The van der Waals surface area contributed by atoms with Gasteiger partial charge in [0.25, 0.3) is 0 Å². The SMILES string of the molecule is CCCNC(c1cc(Br)c(C)cc1Br)C1CC1. The van der Waals surface area contributed by atoms with Crippen LogP contribution in [0.5, 0.6) is 0 Å². The molecule has 94 valence electrons. The van der Waals surface area contributed by atoms with Crippen LogP contribution in [0.4, 0.5) is 0 Å². The highest BCUT2D eigenvalue weighted by atomic mass is 79.9. The molecule has 0 saturated heterocycles. The predicted octanol–water partition coefficient (Wildman–Crippen LogP) is 4.97. The van der Waals surface area contributed by atoms with Gasteiger partial charge in [0, 0.05) is 15.0 Å². The Kier molecular flexibility index (Phi) is 4.67. The van der Waals surface area contributed by atoms with Gasteiger partial charge in [0.1, 0.15) is 0 Å². The lowest BCUT2D eigenvalue weighted by Crippen LogP contribution is -2.24. The average Bonchev–Trinajstić information content (AvgIpc) is 3.10. The van der Waals surface area contributed by atoms with Gasteiger partial charge in [0.15, 0.2) is 0 Å². The normalized spacial score (nSPS) is 17.2. The van der Waals surface area contributed by atoms with Crippen LogP contribution < -0.4 is 5.32 Å². The Morgan fingerprint density at radius 3 is 2.59 bits per heavy atom. The van der Waals surface area contributed by atoms with Gasteiger partial charge in [-0.25, -0.2) is 0 Å². The molecule has 2 rings (SSSR count). The van der Waals surface area contributed by atoms with Gasteiger partial charge in [-0.05, 0) is 61.9 Å². The fourth-order valence-corrected chi connectivity index (χ4v) is 3.23. The fourth-order valence-electron chi connectivity index (χ4n) is 2.16. The third-order valence-electron chi connectivity index (χ3n) is 3.32. The molecule has 3 heteroatoms. The number of halogens is 2. The number of aryl methyl sites for hydroxylation is 1. The van der Waals surface area contributed by atoms with Crippen LogP contribution in [0.25, 0.3) is 0 Å². The van der Waals surface area contributed by atoms with Crippen LogP contribution in [0.3, 0.4) is 0 Å². The molecule has 1 aliphatic rings. The average molecular weight is 361 g/mol. The van der Waals surface area contributed by atoms with Crippen LogP contribution in [0, 0.1) is 12.8 Å². The quantitative estimate of drug-likeness (QED) is 0.781. The molecule has 17 heavy (non-hydrogen) atoms. The zero-order valence-corrected chi connectivity index (χ0v) is 13.6. The molecule has 1 aliphatic carbocycles. The number of hydrogen-bond acceptors (Lipinski definition) is 1. The lowest BCUT2D eigenvalue weighted by atomic mass is 10.0. The number of nitrogens with one attached hydrogen (secondary N) is 1. The molecule has 0 amide bonds. The van der Waals surface area contributed by atoms with Gasteiger partial charge >= 0.3 is 0 Å². The lowest BCUT2D eigenvalue weighted by Gasteiger charge is -2.21. The van der Waals surface area contributed by atoms with Crippen molar-refractivity contribution in [1.29, 1.82) is 0 Å². The van der Waals surface area contributed by atoms with Crippen molar-refractivity contribution < 1.29 is 0 Å². The van der Waals surface area contributed by atoms with Gasteiger partial charge in [-0.2, -0.15) is 0 Å². The smallest absolute Gasteiger partial charge is 0.0360 e. The van der Waals surface area contributed by atoms with Crippen LogP contribution in [0.2, 0.25) is 0 Å². The predicted molar refractivity (Wildman–Crippen MR) is 80.3 cm³/mol. The highest BCUT2D eigenvalue weighted by molar-refractivity contribution is 9.11. The summed E-state index contributed by atoms with van der Waals surface area (Å²) in [6, 6.07) is 4.99. The van der Waals surface area contributed by atoms with E-state index in [1.165, 1.54) is 39.3 Å². The molecule has 0 radical (unpaired) electrons. The summed E-state index contributed by atoms with van der Waals surface area (Å²) >= 11 is 7.35. The van der Waals surface area contributed by atoms with Gasteiger partial charge in [0.05, 0.1) is 0 Å². The second-order valence-electron chi connectivity index (χ2n) is 4.89. The fraction of sp³-hybridized carbons (Fsp3) is 0.571. The third-order valence-corrected chi connectivity index (χ3v) is 4.86. The van der Waals surface area contributed by atoms with Crippen LogP contribution in [-0.4, -0.2) is 6.54 Å². The summed E-state index contributed by atoms with van der Waals surface area (Å²) < 4.78 is 2.44. The summed E-state index contributed by atoms with van der Waals surface area (Å²) in [4.78, 5) is 0. The van der Waals surface area contributed by atoms with Gasteiger partial charge in [-0.1, -0.05) is 38.8 Å². The first-order valence-corrected chi connectivity index (χ1v) is 7.91. The molecule has 0 bridgehead atoms. The Hall–Kier alpha value is 0.140. The molecular formula is C14H19Br2N. The maximum atomic E-state index is 3.71. The van der Waals surface area contributed by atoms with E-state index >= 15 is 0 Å². The van der Waals surface area contributed by atoms with Crippen molar-refractivity contribution in [1.82, 2.24) is 5.32 Å². The monoisotopic (exact) mass is 359 g/mol. The Balaban J connectivity index is 2.25. The minimum absolute atomic E-state index is 0.515. The number of rotatable bonds is 5. The summed E-state index contributed by atoms with van der Waals surface area (Å²) in [7, 11) is 0. The highest BCUT2D eigenvalue weighted by Gasteiger charge is 2.33. The minimum Gasteiger partial charge on any atom is -0.310 e. The molecule has 1 fully saturated rings. The van der Waals surface area contributed by atoms with Gasteiger partial charge in [-0.15, -0.1) is 0 Å². The largest absolute Gasteiger partial charge is 0.310 e. The topological polar surface area (TPSA) is 12.0 Å². The van der Waals surface area contributed by atoms with Gasteiger partial charge in [0.2, 0.25) is 0 Å². The summed E-state index contributed by atoms with van der Waals surface area (Å²) in [6.45, 7) is 5.44. The third kappa shape index (κ3) is 3.33. The van der Waals surface area contributed by atoms with Crippen molar-refractivity contribution in [2.45, 2.75) is 39.2 Å². The second kappa shape index (κ2) is 5.85. The van der Waals surface area contributed by atoms with Crippen molar-refractivity contribution in [3.05, 3.63) is 32.2 Å². The van der Waals surface area contributed by atoms with Crippen LogP contribution in [-0.2, 0) is 0 Å². The summed E-state index contributed by atoms with van der Waals surface area (Å²) in [6.07, 6.45) is 3.91.